The van der Waals surface area contributed by atoms with Crippen molar-refractivity contribution in [3.63, 3.8) is 0 Å². The van der Waals surface area contributed by atoms with E-state index in [-0.39, 0.29) is 12.3 Å². The molecular formula is C19H17F3N2O4S. The number of alkyl halides is 3. The molecule has 0 aliphatic heterocycles. The minimum atomic E-state index is -5.45. The molecule has 1 N–H and O–H groups in total. The van der Waals surface area contributed by atoms with Crippen LogP contribution >= 0.6 is 0 Å². The Kier molecular flexibility index (Phi) is 5.83. The fraction of sp³-hybridized carbons (Fsp3) is 0.211. The predicted octanol–water partition coefficient (Wildman–Crippen LogP) is 4.53. The van der Waals surface area contributed by atoms with Gasteiger partial charge in [-0.25, -0.2) is 4.98 Å². The van der Waals surface area contributed by atoms with Gasteiger partial charge in [0.25, 0.3) is 0 Å². The first kappa shape index (κ1) is 20.7. The lowest BCUT2D eigenvalue weighted by Gasteiger charge is -2.11. The van der Waals surface area contributed by atoms with Gasteiger partial charge in [-0.2, -0.15) is 21.6 Å². The highest BCUT2D eigenvalue weighted by atomic mass is 32.2. The summed E-state index contributed by atoms with van der Waals surface area (Å²) in [4.78, 5) is 4.46. The second-order valence-electron chi connectivity index (χ2n) is 6.06. The first-order valence-corrected chi connectivity index (χ1v) is 9.98. The van der Waals surface area contributed by atoms with Crippen LogP contribution in [0.2, 0.25) is 0 Å². The molecule has 0 amide bonds. The molecule has 0 spiro atoms. The molecule has 29 heavy (non-hydrogen) atoms. The van der Waals surface area contributed by atoms with Gasteiger partial charge in [-0.3, -0.25) is 4.72 Å². The van der Waals surface area contributed by atoms with E-state index < -0.39 is 15.5 Å². The molecule has 1 heterocycles. The number of sulfonamides is 1. The molecule has 0 saturated carbocycles. The normalized spacial score (nSPS) is 12.0. The number of rotatable bonds is 7. The summed E-state index contributed by atoms with van der Waals surface area (Å²) in [5.74, 6) is 1.56. The van der Waals surface area contributed by atoms with Gasteiger partial charge in [0.05, 0.1) is 12.3 Å². The van der Waals surface area contributed by atoms with E-state index in [1.165, 1.54) is 29.0 Å². The zero-order valence-corrected chi connectivity index (χ0v) is 16.0. The molecular weight excluding hydrogens is 409 g/mol. The van der Waals surface area contributed by atoms with Crippen LogP contribution in [0.15, 0.2) is 59.0 Å². The molecule has 0 radical (unpaired) electrons. The van der Waals surface area contributed by atoms with Gasteiger partial charge in [-0.1, -0.05) is 18.2 Å². The SMILES string of the molecule is Cc1oc(-c2ccccc2)nc1CCOc1ccc(NS(=O)(=O)C(F)(F)F)cc1. The second kappa shape index (κ2) is 8.16. The third kappa shape index (κ3) is 5.08. The Bertz CT molecular complexity index is 1060. The molecule has 154 valence electrons. The fourth-order valence-corrected chi connectivity index (χ4v) is 3.02. The molecule has 0 aliphatic rings. The highest BCUT2D eigenvalue weighted by molar-refractivity contribution is 7.93. The molecule has 0 unspecified atom stereocenters. The number of nitrogens with one attached hydrogen (secondary N) is 1. The van der Waals surface area contributed by atoms with Crippen molar-refractivity contribution in [1.82, 2.24) is 4.98 Å². The van der Waals surface area contributed by atoms with Crippen molar-refractivity contribution < 1.29 is 30.7 Å². The van der Waals surface area contributed by atoms with Crippen LogP contribution in [0, 0.1) is 6.92 Å². The van der Waals surface area contributed by atoms with E-state index in [0.29, 0.717) is 23.8 Å². The standard InChI is InChI=1S/C19H17F3N2O4S/c1-13-17(23-18(28-13)14-5-3-2-4-6-14)11-12-27-16-9-7-15(8-10-16)24-29(25,26)19(20,21)22/h2-10,24H,11-12H2,1H3. The molecule has 1 aromatic heterocycles. The van der Waals surface area contributed by atoms with Crippen molar-refractivity contribution >= 4 is 15.7 Å². The first-order valence-electron chi connectivity index (χ1n) is 8.49. The third-order valence-corrected chi connectivity index (χ3v) is 5.05. The number of oxazole rings is 1. The van der Waals surface area contributed by atoms with Crippen LogP contribution in [0.1, 0.15) is 11.5 Å². The molecule has 0 fully saturated rings. The molecule has 2 aromatic carbocycles. The summed E-state index contributed by atoms with van der Waals surface area (Å²) in [6, 6.07) is 14.6. The lowest BCUT2D eigenvalue weighted by atomic mass is 10.2. The number of hydrogen-bond donors (Lipinski definition) is 1. The van der Waals surface area contributed by atoms with E-state index in [4.69, 9.17) is 9.15 Å². The number of benzene rings is 2. The van der Waals surface area contributed by atoms with Crippen LogP contribution in [0.4, 0.5) is 18.9 Å². The summed E-state index contributed by atoms with van der Waals surface area (Å²) < 4.78 is 72.0. The largest absolute Gasteiger partial charge is 0.516 e. The molecule has 3 aromatic rings. The first-order chi connectivity index (χ1) is 13.7. The van der Waals surface area contributed by atoms with E-state index in [9.17, 15) is 21.6 Å². The second-order valence-corrected chi connectivity index (χ2v) is 7.74. The molecule has 6 nitrogen and oxygen atoms in total. The van der Waals surface area contributed by atoms with Crippen LogP contribution in [0.3, 0.4) is 0 Å². The van der Waals surface area contributed by atoms with E-state index in [1.54, 1.807) is 6.92 Å². The summed E-state index contributed by atoms with van der Waals surface area (Å²) in [7, 11) is -5.45. The Morgan fingerprint density at radius 2 is 1.72 bits per heavy atom. The number of hydrogen-bond acceptors (Lipinski definition) is 5. The van der Waals surface area contributed by atoms with Gasteiger partial charge in [0.15, 0.2) is 0 Å². The summed E-state index contributed by atoms with van der Waals surface area (Å²) in [6.07, 6.45) is 0.463. The molecule has 3 rings (SSSR count). The third-order valence-electron chi connectivity index (χ3n) is 3.93. The zero-order valence-electron chi connectivity index (χ0n) is 15.2. The van der Waals surface area contributed by atoms with Gasteiger partial charge in [-0.05, 0) is 43.3 Å². The number of anilines is 1. The van der Waals surface area contributed by atoms with Crippen LogP contribution in [0.5, 0.6) is 5.75 Å². The van der Waals surface area contributed by atoms with Crippen LogP contribution < -0.4 is 9.46 Å². The lowest BCUT2D eigenvalue weighted by molar-refractivity contribution is -0.0429. The Balaban J connectivity index is 1.57. The van der Waals surface area contributed by atoms with Crippen molar-refractivity contribution in [3.8, 4) is 17.2 Å². The number of halogens is 3. The minimum absolute atomic E-state index is 0.213. The molecule has 0 aliphatic carbocycles. The Morgan fingerprint density at radius 1 is 1.07 bits per heavy atom. The Morgan fingerprint density at radius 3 is 2.34 bits per heavy atom. The van der Waals surface area contributed by atoms with Crippen LogP contribution in [-0.2, 0) is 16.4 Å². The maximum absolute atomic E-state index is 12.4. The topological polar surface area (TPSA) is 81.4 Å². The number of aromatic nitrogens is 1. The van der Waals surface area contributed by atoms with Crippen LogP contribution in [-0.4, -0.2) is 25.5 Å². The molecule has 10 heteroatoms. The maximum atomic E-state index is 12.4. The van der Waals surface area contributed by atoms with Gasteiger partial charge in [0.1, 0.15) is 11.5 Å². The Labute approximate surface area is 165 Å². The van der Waals surface area contributed by atoms with E-state index in [1.807, 2.05) is 30.3 Å². The van der Waals surface area contributed by atoms with Gasteiger partial charge in [0.2, 0.25) is 5.89 Å². The molecule has 0 bridgehead atoms. The summed E-state index contributed by atoms with van der Waals surface area (Å²) in [5, 5.41) is 0. The summed E-state index contributed by atoms with van der Waals surface area (Å²) >= 11 is 0. The average Bonchev–Trinajstić information content (AvgIpc) is 3.03. The Hall–Kier alpha value is -3.01. The van der Waals surface area contributed by atoms with Crippen molar-refractivity contribution in [1.29, 1.82) is 0 Å². The lowest BCUT2D eigenvalue weighted by Crippen LogP contribution is -2.29. The molecule has 0 saturated heterocycles. The number of ether oxygens (including phenoxy) is 1. The van der Waals surface area contributed by atoms with Crippen LogP contribution in [0.25, 0.3) is 11.5 Å². The quantitative estimate of drug-likeness (QED) is 0.600. The van der Waals surface area contributed by atoms with Crippen molar-refractivity contribution in [2.24, 2.45) is 0 Å². The summed E-state index contributed by atoms with van der Waals surface area (Å²) in [5.41, 5.74) is -4.00. The fourth-order valence-electron chi connectivity index (χ4n) is 2.46. The monoisotopic (exact) mass is 426 g/mol. The highest BCUT2D eigenvalue weighted by Gasteiger charge is 2.46. The summed E-state index contributed by atoms with van der Waals surface area (Å²) in [6.45, 7) is 2.06. The van der Waals surface area contributed by atoms with Crippen molar-refractivity contribution in [2.45, 2.75) is 18.9 Å². The zero-order chi connectivity index (χ0) is 21.1. The predicted molar refractivity (Wildman–Crippen MR) is 101 cm³/mol. The minimum Gasteiger partial charge on any atom is -0.493 e. The van der Waals surface area contributed by atoms with Gasteiger partial charge in [0, 0.05) is 17.7 Å². The highest BCUT2D eigenvalue weighted by Crippen LogP contribution is 2.26. The van der Waals surface area contributed by atoms with E-state index in [0.717, 1.165) is 11.3 Å². The van der Waals surface area contributed by atoms with Gasteiger partial charge in [-0.15, -0.1) is 0 Å². The van der Waals surface area contributed by atoms with Gasteiger partial charge >= 0.3 is 15.5 Å². The van der Waals surface area contributed by atoms with Crippen molar-refractivity contribution in [3.05, 3.63) is 66.1 Å². The molecule has 0 atom stereocenters. The number of nitrogens with zero attached hydrogens (tertiary/aromatic N) is 1. The number of aryl methyl sites for hydroxylation is 1. The van der Waals surface area contributed by atoms with E-state index in [2.05, 4.69) is 4.98 Å². The smallest absolute Gasteiger partial charge is 0.493 e. The van der Waals surface area contributed by atoms with Gasteiger partial charge < -0.3 is 9.15 Å². The average molecular weight is 426 g/mol. The van der Waals surface area contributed by atoms with Crippen molar-refractivity contribution in [2.75, 3.05) is 11.3 Å². The maximum Gasteiger partial charge on any atom is 0.516 e. The van der Waals surface area contributed by atoms with E-state index >= 15 is 0 Å².